The van der Waals surface area contributed by atoms with Crippen LogP contribution < -0.4 is 0 Å². The van der Waals surface area contributed by atoms with Crippen LogP contribution in [0, 0.1) is 5.92 Å². The van der Waals surface area contributed by atoms with Crippen LogP contribution >= 0.6 is 0 Å². The molecule has 0 aromatic carbocycles. The summed E-state index contributed by atoms with van der Waals surface area (Å²) >= 11 is 0. The quantitative estimate of drug-likeness (QED) is 0.769. The van der Waals surface area contributed by atoms with Crippen molar-refractivity contribution in [1.82, 2.24) is 9.21 Å². The third-order valence-corrected chi connectivity index (χ3v) is 4.97. The molecule has 0 aliphatic carbocycles. The Morgan fingerprint density at radius 3 is 2.63 bits per heavy atom. The number of nitrogens with zero attached hydrogens (tertiary/aromatic N) is 2. The van der Waals surface area contributed by atoms with Crippen molar-refractivity contribution in [2.24, 2.45) is 5.92 Å². The molecule has 1 aliphatic heterocycles. The second kappa shape index (κ2) is 6.67. The lowest BCUT2D eigenvalue weighted by atomic mass is 9.98. The van der Waals surface area contributed by atoms with Gasteiger partial charge in [-0.3, -0.25) is 9.69 Å². The number of hydrogen-bond donors (Lipinski definition) is 1. The van der Waals surface area contributed by atoms with Gasteiger partial charge in [-0.1, -0.05) is 6.92 Å². The molecule has 1 heterocycles. The van der Waals surface area contributed by atoms with E-state index in [1.54, 1.807) is 7.05 Å². The molecule has 1 fully saturated rings. The van der Waals surface area contributed by atoms with Gasteiger partial charge in [0.25, 0.3) is 0 Å². The maximum Gasteiger partial charge on any atom is 0.320 e. The van der Waals surface area contributed by atoms with E-state index in [0.717, 1.165) is 12.8 Å². The second-order valence-corrected chi connectivity index (χ2v) is 7.31. The molecular weight excluding hydrogens is 268 g/mol. The van der Waals surface area contributed by atoms with Crippen LogP contribution in [-0.4, -0.2) is 67.7 Å². The van der Waals surface area contributed by atoms with Crippen molar-refractivity contribution in [3.8, 4) is 0 Å². The van der Waals surface area contributed by atoms with E-state index in [9.17, 15) is 13.2 Å². The van der Waals surface area contributed by atoms with E-state index in [1.165, 1.54) is 10.6 Å². The Morgan fingerprint density at radius 1 is 1.53 bits per heavy atom. The first kappa shape index (κ1) is 16.4. The standard InChI is InChI=1S/C12H24N2O4S/c1-4-11(12(15)16)13(2)8-10-6-5-7-14(9-10)19(3,17)18/h10-11H,4-9H2,1-3H3,(H,15,16). The molecule has 7 heteroatoms. The van der Waals surface area contributed by atoms with Crippen LogP contribution in [-0.2, 0) is 14.8 Å². The number of piperidine rings is 1. The lowest BCUT2D eigenvalue weighted by Gasteiger charge is -2.34. The molecule has 0 bridgehead atoms. The van der Waals surface area contributed by atoms with Gasteiger partial charge in [0.05, 0.1) is 6.26 Å². The number of carboxylic acids is 1. The molecule has 0 aromatic heterocycles. The highest BCUT2D eigenvalue weighted by Crippen LogP contribution is 2.20. The normalized spacial score (nSPS) is 23.5. The molecule has 0 spiro atoms. The SMILES string of the molecule is CCC(C(=O)O)N(C)CC1CCCN(S(C)(=O)=O)C1. The summed E-state index contributed by atoms with van der Waals surface area (Å²) in [4.78, 5) is 12.9. The third-order valence-electron chi connectivity index (χ3n) is 3.70. The van der Waals surface area contributed by atoms with E-state index >= 15 is 0 Å². The van der Waals surface area contributed by atoms with Crippen LogP contribution in [0.25, 0.3) is 0 Å². The predicted molar refractivity (Wildman–Crippen MR) is 73.5 cm³/mol. The van der Waals surface area contributed by atoms with Gasteiger partial charge in [0, 0.05) is 19.6 Å². The summed E-state index contributed by atoms with van der Waals surface area (Å²) in [6.45, 7) is 3.55. The van der Waals surface area contributed by atoms with E-state index in [0.29, 0.717) is 26.1 Å². The number of rotatable bonds is 6. The fourth-order valence-corrected chi connectivity index (χ4v) is 3.63. The molecule has 2 atom stereocenters. The Morgan fingerprint density at radius 2 is 2.16 bits per heavy atom. The third kappa shape index (κ3) is 4.74. The first-order valence-electron chi connectivity index (χ1n) is 6.63. The van der Waals surface area contributed by atoms with Gasteiger partial charge in [0.2, 0.25) is 10.0 Å². The number of sulfonamides is 1. The zero-order chi connectivity index (χ0) is 14.6. The zero-order valence-electron chi connectivity index (χ0n) is 11.9. The van der Waals surface area contributed by atoms with Gasteiger partial charge in [-0.15, -0.1) is 0 Å². The molecule has 2 unspecified atom stereocenters. The Balaban J connectivity index is 2.59. The van der Waals surface area contributed by atoms with Gasteiger partial charge in [0.15, 0.2) is 0 Å². The van der Waals surface area contributed by atoms with Gasteiger partial charge >= 0.3 is 5.97 Å². The Kier molecular flexibility index (Phi) is 5.76. The largest absolute Gasteiger partial charge is 0.480 e. The number of carboxylic acid groups (broad SMARTS) is 1. The maximum atomic E-state index is 11.5. The smallest absolute Gasteiger partial charge is 0.320 e. The van der Waals surface area contributed by atoms with Crippen molar-refractivity contribution in [1.29, 1.82) is 0 Å². The molecule has 1 rings (SSSR count). The molecular formula is C12H24N2O4S. The molecule has 6 nitrogen and oxygen atoms in total. The van der Waals surface area contributed by atoms with E-state index in [4.69, 9.17) is 5.11 Å². The summed E-state index contributed by atoms with van der Waals surface area (Å²) in [5, 5.41) is 9.11. The van der Waals surface area contributed by atoms with Gasteiger partial charge in [-0.05, 0) is 32.2 Å². The molecule has 112 valence electrons. The minimum atomic E-state index is -3.14. The van der Waals surface area contributed by atoms with E-state index in [1.807, 2.05) is 11.8 Å². The van der Waals surface area contributed by atoms with Crippen LogP contribution in [0.4, 0.5) is 0 Å². The average molecular weight is 292 g/mol. The van der Waals surface area contributed by atoms with Crippen molar-refractivity contribution in [3.05, 3.63) is 0 Å². The van der Waals surface area contributed by atoms with Gasteiger partial charge in [-0.2, -0.15) is 0 Å². The first-order valence-corrected chi connectivity index (χ1v) is 8.48. The predicted octanol–water partition coefficient (Wildman–Crippen LogP) is 0.453. The van der Waals surface area contributed by atoms with Crippen LogP contribution in [0.5, 0.6) is 0 Å². The van der Waals surface area contributed by atoms with Crippen LogP contribution in [0.1, 0.15) is 26.2 Å². The summed E-state index contributed by atoms with van der Waals surface area (Å²) in [6.07, 6.45) is 3.57. The van der Waals surface area contributed by atoms with E-state index in [-0.39, 0.29) is 5.92 Å². The maximum absolute atomic E-state index is 11.5. The lowest BCUT2D eigenvalue weighted by Crippen LogP contribution is -2.46. The topological polar surface area (TPSA) is 77.9 Å². The number of likely N-dealkylation sites (N-methyl/N-ethyl adjacent to an activating group) is 1. The van der Waals surface area contributed by atoms with Crippen LogP contribution in [0.3, 0.4) is 0 Å². The van der Waals surface area contributed by atoms with Crippen LogP contribution in [0.2, 0.25) is 0 Å². The highest BCUT2D eigenvalue weighted by molar-refractivity contribution is 7.88. The minimum Gasteiger partial charge on any atom is -0.480 e. The summed E-state index contributed by atoms with van der Waals surface area (Å²) in [5.74, 6) is -0.609. The van der Waals surface area contributed by atoms with Gasteiger partial charge < -0.3 is 5.11 Å². The van der Waals surface area contributed by atoms with Crippen LogP contribution in [0.15, 0.2) is 0 Å². The van der Waals surface area contributed by atoms with Crippen molar-refractivity contribution in [2.45, 2.75) is 32.2 Å². The minimum absolute atomic E-state index is 0.210. The van der Waals surface area contributed by atoms with E-state index < -0.39 is 22.0 Å². The van der Waals surface area contributed by atoms with E-state index in [2.05, 4.69) is 0 Å². The molecule has 0 aromatic rings. The Hall–Kier alpha value is -0.660. The molecule has 19 heavy (non-hydrogen) atoms. The summed E-state index contributed by atoms with van der Waals surface area (Å²) < 4.78 is 24.6. The zero-order valence-corrected chi connectivity index (χ0v) is 12.7. The Bertz CT molecular complexity index is 410. The summed E-state index contributed by atoms with van der Waals surface area (Å²) in [5.41, 5.74) is 0. The molecule has 1 N–H and O–H groups in total. The van der Waals surface area contributed by atoms with Gasteiger partial charge in [-0.25, -0.2) is 12.7 Å². The fraction of sp³-hybridized carbons (Fsp3) is 0.917. The summed E-state index contributed by atoms with van der Waals surface area (Å²) in [6, 6.07) is -0.492. The number of carbonyl (C=O) groups is 1. The molecule has 1 saturated heterocycles. The monoisotopic (exact) mass is 292 g/mol. The number of hydrogen-bond acceptors (Lipinski definition) is 4. The van der Waals surface area contributed by atoms with Crippen molar-refractivity contribution in [2.75, 3.05) is 32.9 Å². The van der Waals surface area contributed by atoms with Gasteiger partial charge in [0.1, 0.15) is 6.04 Å². The van der Waals surface area contributed by atoms with Crippen molar-refractivity contribution in [3.63, 3.8) is 0 Å². The molecule has 0 saturated carbocycles. The number of aliphatic carboxylic acids is 1. The van der Waals surface area contributed by atoms with Crippen molar-refractivity contribution < 1.29 is 18.3 Å². The second-order valence-electron chi connectivity index (χ2n) is 5.33. The summed E-state index contributed by atoms with van der Waals surface area (Å²) in [7, 11) is -1.34. The average Bonchev–Trinajstić information content (AvgIpc) is 2.28. The fourth-order valence-electron chi connectivity index (χ4n) is 2.69. The molecule has 1 aliphatic rings. The Labute approximate surface area is 115 Å². The first-order chi connectivity index (χ1) is 8.75. The molecule has 0 radical (unpaired) electrons. The van der Waals surface area contributed by atoms with Crippen molar-refractivity contribution >= 4 is 16.0 Å². The molecule has 0 amide bonds. The highest BCUT2D eigenvalue weighted by atomic mass is 32.2. The lowest BCUT2D eigenvalue weighted by molar-refractivity contribution is -0.143. The highest BCUT2D eigenvalue weighted by Gasteiger charge is 2.29.